The molecule has 33 heavy (non-hydrogen) atoms. The SMILES string of the molecule is COc1ccc(S(=O)(=O)N2CCC(C)CC2)cc1C(=O)NCc1ccccc1-n1ccnc1. The number of hydrogen-bond acceptors (Lipinski definition) is 5. The fraction of sp³-hybridized carbons (Fsp3) is 0.333. The standard InChI is InChI=1S/C24H28N4O4S/c1-18-9-12-28(13-10-18)33(30,31)20-7-8-23(32-2)21(15-20)24(29)26-16-19-5-3-4-6-22(19)27-14-11-25-17-27/h3-8,11,14-15,17-18H,9-10,12-13,16H2,1-2H3,(H,26,29). The van der Waals surface area contributed by atoms with Crippen LogP contribution in [-0.4, -0.2) is 48.4 Å². The molecule has 1 aromatic heterocycles. The second kappa shape index (κ2) is 9.76. The number of aromatic nitrogens is 2. The molecule has 0 radical (unpaired) electrons. The molecule has 0 atom stereocenters. The third-order valence-electron chi connectivity index (χ3n) is 6.01. The average molecular weight is 469 g/mol. The minimum Gasteiger partial charge on any atom is -0.496 e. The number of ether oxygens (including phenoxy) is 1. The van der Waals surface area contributed by atoms with Crippen molar-refractivity contribution in [2.75, 3.05) is 20.2 Å². The Kier molecular flexibility index (Phi) is 6.80. The number of carbonyl (C=O) groups excluding carboxylic acids is 1. The van der Waals surface area contributed by atoms with Crippen LogP contribution in [0.5, 0.6) is 5.75 Å². The second-order valence-corrected chi connectivity index (χ2v) is 10.2. The van der Waals surface area contributed by atoms with Crippen LogP contribution in [0.25, 0.3) is 5.69 Å². The molecule has 1 aliphatic rings. The largest absolute Gasteiger partial charge is 0.496 e. The van der Waals surface area contributed by atoms with Crippen molar-refractivity contribution in [2.24, 2.45) is 5.92 Å². The Balaban J connectivity index is 1.56. The molecule has 3 aromatic rings. The molecule has 0 aliphatic carbocycles. The van der Waals surface area contributed by atoms with Crippen LogP contribution in [0.4, 0.5) is 0 Å². The van der Waals surface area contributed by atoms with E-state index in [1.807, 2.05) is 35.0 Å². The lowest BCUT2D eigenvalue weighted by atomic mass is 10.0. The van der Waals surface area contributed by atoms with Gasteiger partial charge in [0.1, 0.15) is 5.75 Å². The third kappa shape index (κ3) is 4.94. The van der Waals surface area contributed by atoms with Crippen LogP contribution in [0.15, 0.2) is 66.1 Å². The number of piperidine rings is 1. The van der Waals surface area contributed by atoms with E-state index >= 15 is 0 Å². The maximum Gasteiger partial charge on any atom is 0.255 e. The van der Waals surface area contributed by atoms with Crippen LogP contribution < -0.4 is 10.1 Å². The molecule has 0 saturated carbocycles. The molecule has 174 valence electrons. The maximum atomic E-state index is 13.2. The first-order valence-corrected chi connectivity index (χ1v) is 12.4. The van der Waals surface area contributed by atoms with Gasteiger partial charge < -0.3 is 14.6 Å². The van der Waals surface area contributed by atoms with Crippen LogP contribution in [0.3, 0.4) is 0 Å². The summed E-state index contributed by atoms with van der Waals surface area (Å²) in [4.78, 5) is 17.3. The molecule has 1 N–H and O–H groups in total. The van der Waals surface area contributed by atoms with Gasteiger partial charge in [0, 0.05) is 32.0 Å². The lowest BCUT2D eigenvalue weighted by Crippen LogP contribution is -2.38. The predicted octanol–water partition coefficient (Wildman–Crippen LogP) is 3.23. The van der Waals surface area contributed by atoms with E-state index < -0.39 is 15.9 Å². The Morgan fingerprint density at radius 3 is 2.64 bits per heavy atom. The summed E-state index contributed by atoms with van der Waals surface area (Å²) in [7, 11) is -2.22. The summed E-state index contributed by atoms with van der Waals surface area (Å²) in [5.74, 6) is 0.428. The van der Waals surface area contributed by atoms with Gasteiger partial charge >= 0.3 is 0 Å². The van der Waals surface area contributed by atoms with Crippen molar-refractivity contribution in [1.29, 1.82) is 0 Å². The topological polar surface area (TPSA) is 93.5 Å². The summed E-state index contributed by atoms with van der Waals surface area (Å²) in [5.41, 5.74) is 1.98. The van der Waals surface area contributed by atoms with Gasteiger partial charge in [-0.3, -0.25) is 4.79 Å². The highest BCUT2D eigenvalue weighted by Gasteiger charge is 2.29. The van der Waals surface area contributed by atoms with Gasteiger partial charge in [-0.25, -0.2) is 13.4 Å². The van der Waals surface area contributed by atoms with E-state index in [0.29, 0.717) is 24.8 Å². The number of hydrogen-bond donors (Lipinski definition) is 1. The minimum atomic E-state index is -3.68. The smallest absolute Gasteiger partial charge is 0.255 e. The molecular formula is C24H28N4O4S. The fourth-order valence-corrected chi connectivity index (χ4v) is 5.48. The number of methoxy groups -OCH3 is 1. The van der Waals surface area contributed by atoms with Crippen molar-refractivity contribution in [3.05, 3.63) is 72.3 Å². The number of nitrogens with one attached hydrogen (secondary N) is 1. The quantitative estimate of drug-likeness (QED) is 0.575. The summed E-state index contributed by atoms with van der Waals surface area (Å²) in [6.45, 7) is 3.37. The van der Waals surface area contributed by atoms with Gasteiger partial charge in [-0.2, -0.15) is 4.31 Å². The number of sulfonamides is 1. The van der Waals surface area contributed by atoms with Crippen molar-refractivity contribution in [3.63, 3.8) is 0 Å². The predicted molar refractivity (Wildman–Crippen MR) is 125 cm³/mol. The molecule has 1 fully saturated rings. The van der Waals surface area contributed by atoms with E-state index in [1.165, 1.54) is 29.6 Å². The number of carbonyl (C=O) groups is 1. The zero-order valence-electron chi connectivity index (χ0n) is 18.8. The van der Waals surface area contributed by atoms with Gasteiger partial charge in [-0.05, 0) is 48.6 Å². The van der Waals surface area contributed by atoms with E-state index in [-0.39, 0.29) is 17.0 Å². The number of para-hydroxylation sites is 1. The first-order valence-electron chi connectivity index (χ1n) is 10.9. The lowest BCUT2D eigenvalue weighted by Gasteiger charge is -2.29. The summed E-state index contributed by atoms with van der Waals surface area (Å²) >= 11 is 0. The van der Waals surface area contributed by atoms with E-state index in [9.17, 15) is 13.2 Å². The number of nitrogens with zero attached hydrogens (tertiary/aromatic N) is 3. The number of imidazole rings is 1. The van der Waals surface area contributed by atoms with Crippen LogP contribution in [0, 0.1) is 5.92 Å². The van der Waals surface area contributed by atoms with Gasteiger partial charge in [0.15, 0.2) is 0 Å². The Bertz CT molecular complexity index is 1220. The highest BCUT2D eigenvalue weighted by molar-refractivity contribution is 7.89. The second-order valence-electron chi connectivity index (χ2n) is 8.23. The zero-order chi connectivity index (χ0) is 23.4. The van der Waals surface area contributed by atoms with Crippen LogP contribution >= 0.6 is 0 Å². The van der Waals surface area contributed by atoms with Gasteiger partial charge in [-0.15, -0.1) is 0 Å². The Labute approximate surface area is 194 Å². The molecule has 0 unspecified atom stereocenters. The summed E-state index contributed by atoms with van der Waals surface area (Å²) in [6, 6.07) is 12.1. The van der Waals surface area contributed by atoms with Crippen molar-refractivity contribution in [1.82, 2.24) is 19.2 Å². The average Bonchev–Trinajstić information content (AvgIpc) is 3.37. The molecule has 0 spiro atoms. The van der Waals surface area contributed by atoms with Crippen LogP contribution in [-0.2, 0) is 16.6 Å². The van der Waals surface area contributed by atoms with E-state index in [4.69, 9.17) is 4.74 Å². The van der Waals surface area contributed by atoms with Crippen molar-refractivity contribution >= 4 is 15.9 Å². The Morgan fingerprint density at radius 2 is 1.94 bits per heavy atom. The van der Waals surface area contributed by atoms with E-state index in [2.05, 4.69) is 17.2 Å². The molecule has 8 nitrogen and oxygen atoms in total. The fourth-order valence-electron chi connectivity index (χ4n) is 3.98. The van der Waals surface area contributed by atoms with Crippen molar-refractivity contribution < 1.29 is 17.9 Å². The van der Waals surface area contributed by atoms with Gasteiger partial charge in [-0.1, -0.05) is 25.1 Å². The van der Waals surface area contributed by atoms with Gasteiger partial charge in [0.25, 0.3) is 5.91 Å². The monoisotopic (exact) mass is 468 g/mol. The van der Waals surface area contributed by atoms with E-state index in [0.717, 1.165) is 24.1 Å². The number of amides is 1. The number of benzene rings is 2. The Hall–Kier alpha value is -3.17. The minimum absolute atomic E-state index is 0.0989. The molecule has 2 heterocycles. The van der Waals surface area contributed by atoms with Crippen LogP contribution in [0.2, 0.25) is 0 Å². The van der Waals surface area contributed by atoms with Crippen molar-refractivity contribution in [3.8, 4) is 11.4 Å². The molecular weight excluding hydrogens is 440 g/mol. The normalized spacial score (nSPS) is 15.3. The van der Waals surface area contributed by atoms with E-state index in [1.54, 1.807) is 12.5 Å². The molecule has 4 rings (SSSR count). The maximum absolute atomic E-state index is 13.2. The zero-order valence-corrected chi connectivity index (χ0v) is 19.6. The molecule has 1 amide bonds. The Morgan fingerprint density at radius 1 is 1.18 bits per heavy atom. The molecule has 1 aliphatic heterocycles. The molecule has 1 saturated heterocycles. The van der Waals surface area contributed by atoms with Crippen molar-refractivity contribution in [2.45, 2.75) is 31.2 Å². The van der Waals surface area contributed by atoms with Gasteiger partial charge in [0.05, 0.1) is 29.6 Å². The summed E-state index contributed by atoms with van der Waals surface area (Å²) < 4.78 is 35.1. The van der Waals surface area contributed by atoms with Gasteiger partial charge in [0.2, 0.25) is 10.0 Å². The third-order valence-corrected chi connectivity index (χ3v) is 7.90. The molecule has 9 heteroatoms. The first-order chi connectivity index (χ1) is 15.9. The highest BCUT2D eigenvalue weighted by Crippen LogP contribution is 2.27. The highest BCUT2D eigenvalue weighted by atomic mass is 32.2. The summed E-state index contributed by atoms with van der Waals surface area (Å²) in [6.07, 6.45) is 6.88. The summed E-state index contributed by atoms with van der Waals surface area (Å²) in [5, 5.41) is 2.90. The number of rotatable bonds is 7. The van der Waals surface area contributed by atoms with Crippen LogP contribution in [0.1, 0.15) is 35.7 Å². The molecule has 2 aromatic carbocycles. The first kappa shape index (κ1) is 23.0. The lowest BCUT2D eigenvalue weighted by molar-refractivity contribution is 0.0947. The molecule has 0 bridgehead atoms.